The highest BCUT2D eigenvalue weighted by Gasteiger charge is 2.24. The Morgan fingerprint density at radius 2 is 1.80 bits per heavy atom. The van der Waals surface area contributed by atoms with Crippen molar-refractivity contribution in [3.05, 3.63) is 0 Å². The van der Waals surface area contributed by atoms with Crippen LogP contribution in [0.2, 0.25) is 0 Å². The first-order valence-electron chi connectivity index (χ1n) is 6.74. The van der Waals surface area contributed by atoms with Crippen LogP contribution in [0.3, 0.4) is 0 Å². The second-order valence-corrected chi connectivity index (χ2v) is 5.36. The van der Waals surface area contributed by atoms with E-state index in [1.54, 1.807) is 0 Å². The molecule has 0 spiro atoms. The summed E-state index contributed by atoms with van der Waals surface area (Å²) in [4.78, 5) is 0. The van der Waals surface area contributed by atoms with E-state index in [4.69, 9.17) is 0 Å². The maximum Gasteiger partial charge on any atom is 0.0462 e. The minimum absolute atomic E-state index is 0.400. The van der Waals surface area contributed by atoms with Crippen LogP contribution in [-0.4, -0.2) is 24.3 Å². The molecular weight excluding hydrogens is 186 g/mol. The zero-order valence-corrected chi connectivity index (χ0v) is 9.75. The monoisotopic (exact) mass is 211 g/mol. The molecule has 1 atom stereocenters. The number of aliphatic hydroxyl groups is 1. The van der Waals surface area contributed by atoms with Crippen molar-refractivity contribution in [2.24, 2.45) is 11.8 Å². The highest BCUT2D eigenvalue weighted by atomic mass is 16.3. The molecule has 0 amide bonds. The molecule has 1 unspecified atom stereocenters. The topological polar surface area (TPSA) is 32.3 Å². The van der Waals surface area contributed by atoms with E-state index in [9.17, 15) is 5.11 Å². The van der Waals surface area contributed by atoms with E-state index in [1.807, 2.05) is 0 Å². The van der Waals surface area contributed by atoms with Gasteiger partial charge in [0, 0.05) is 12.6 Å². The molecule has 15 heavy (non-hydrogen) atoms. The van der Waals surface area contributed by atoms with E-state index in [-0.39, 0.29) is 0 Å². The molecule has 0 heterocycles. The van der Waals surface area contributed by atoms with Crippen molar-refractivity contribution in [2.75, 3.05) is 13.2 Å². The number of rotatable bonds is 6. The zero-order valence-electron chi connectivity index (χ0n) is 9.75. The molecular formula is C13H25NO. The number of hydrogen-bond acceptors (Lipinski definition) is 2. The largest absolute Gasteiger partial charge is 0.396 e. The summed E-state index contributed by atoms with van der Waals surface area (Å²) in [6.45, 7) is 1.52. The molecule has 2 fully saturated rings. The lowest BCUT2D eigenvalue weighted by Gasteiger charge is -2.29. The number of nitrogens with one attached hydrogen (secondary N) is 1. The molecule has 0 aromatic rings. The first-order chi connectivity index (χ1) is 7.40. The number of aliphatic hydroxyl groups excluding tert-OH is 1. The Morgan fingerprint density at radius 1 is 1.07 bits per heavy atom. The fourth-order valence-electron chi connectivity index (χ4n) is 2.84. The van der Waals surface area contributed by atoms with Gasteiger partial charge in [-0.2, -0.15) is 0 Å². The summed E-state index contributed by atoms with van der Waals surface area (Å²) in [5, 5.41) is 13.0. The quantitative estimate of drug-likeness (QED) is 0.706. The van der Waals surface area contributed by atoms with Gasteiger partial charge in [0.2, 0.25) is 0 Å². The van der Waals surface area contributed by atoms with Crippen molar-refractivity contribution in [1.82, 2.24) is 5.32 Å². The molecule has 2 saturated carbocycles. The van der Waals surface area contributed by atoms with Crippen molar-refractivity contribution in [2.45, 2.75) is 57.4 Å². The van der Waals surface area contributed by atoms with E-state index < -0.39 is 0 Å². The van der Waals surface area contributed by atoms with E-state index in [1.165, 1.54) is 51.4 Å². The van der Waals surface area contributed by atoms with Gasteiger partial charge in [-0.25, -0.2) is 0 Å². The molecule has 0 aromatic heterocycles. The highest BCUT2D eigenvalue weighted by molar-refractivity contribution is 4.82. The standard InChI is InChI=1S/C13H25NO/c15-10-12(8-9-14-13-6-7-13)11-4-2-1-3-5-11/h11-15H,1-10H2. The predicted octanol–water partition coefficient (Wildman–Crippen LogP) is 2.32. The van der Waals surface area contributed by atoms with Gasteiger partial charge < -0.3 is 10.4 Å². The summed E-state index contributed by atoms with van der Waals surface area (Å²) in [6, 6.07) is 0.815. The third-order valence-corrected chi connectivity index (χ3v) is 4.08. The van der Waals surface area contributed by atoms with Gasteiger partial charge in [0.25, 0.3) is 0 Å². The molecule has 2 aliphatic carbocycles. The molecule has 2 rings (SSSR count). The zero-order chi connectivity index (χ0) is 10.5. The molecule has 2 N–H and O–H groups in total. The van der Waals surface area contributed by atoms with Crippen molar-refractivity contribution < 1.29 is 5.11 Å². The van der Waals surface area contributed by atoms with Crippen LogP contribution in [0.5, 0.6) is 0 Å². The second-order valence-electron chi connectivity index (χ2n) is 5.36. The molecule has 0 saturated heterocycles. The Kier molecular flexibility index (Phi) is 4.45. The minimum atomic E-state index is 0.400. The van der Waals surface area contributed by atoms with Gasteiger partial charge in [0.15, 0.2) is 0 Å². The Bertz CT molecular complexity index is 173. The lowest BCUT2D eigenvalue weighted by Crippen LogP contribution is -2.27. The van der Waals surface area contributed by atoms with Gasteiger partial charge in [0.1, 0.15) is 0 Å². The SMILES string of the molecule is OCC(CCNC1CC1)C1CCCCC1. The Balaban J connectivity index is 1.64. The van der Waals surface area contributed by atoms with Crippen molar-refractivity contribution >= 4 is 0 Å². The summed E-state index contributed by atoms with van der Waals surface area (Å²) < 4.78 is 0. The maximum absolute atomic E-state index is 9.43. The summed E-state index contributed by atoms with van der Waals surface area (Å²) in [7, 11) is 0. The molecule has 0 aromatic carbocycles. The van der Waals surface area contributed by atoms with Gasteiger partial charge in [-0.05, 0) is 37.6 Å². The lowest BCUT2D eigenvalue weighted by molar-refractivity contribution is 0.139. The summed E-state index contributed by atoms with van der Waals surface area (Å²) in [5.74, 6) is 1.38. The van der Waals surface area contributed by atoms with Crippen LogP contribution in [0.1, 0.15) is 51.4 Å². The third-order valence-electron chi connectivity index (χ3n) is 4.08. The van der Waals surface area contributed by atoms with Gasteiger partial charge in [-0.15, -0.1) is 0 Å². The van der Waals surface area contributed by atoms with Crippen LogP contribution in [0.25, 0.3) is 0 Å². The summed E-state index contributed by atoms with van der Waals surface area (Å²) in [5.41, 5.74) is 0. The van der Waals surface area contributed by atoms with E-state index in [0.29, 0.717) is 12.5 Å². The molecule has 0 bridgehead atoms. The Morgan fingerprint density at radius 3 is 2.40 bits per heavy atom. The molecule has 0 aliphatic heterocycles. The molecule has 88 valence electrons. The summed E-state index contributed by atoms with van der Waals surface area (Å²) >= 11 is 0. The maximum atomic E-state index is 9.43. The van der Waals surface area contributed by atoms with Crippen molar-refractivity contribution in [3.63, 3.8) is 0 Å². The molecule has 2 aliphatic rings. The third kappa shape index (κ3) is 3.76. The van der Waals surface area contributed by atoms with Crippen LogP contribution in [0.4, 0.5) is 0 Å². The predicted molar refractivity (Wildman–Crippen MR) is 62.8 cm³/mol. The Labute approximate surface area is 93.5 Å². The van der Waals surface area contributed by atoms with Crippen molar-refractivity contribution in [1.29, 1.82) is 0 Å². The average molecular weight is 211 g/mol. The van der Waals surface area contributed by atoms with Gasteiger partial charge in [0.05, 0.1) is 0 Å². The fourth-order valence-corrected chi connectivity index (χ4v) is 2.84. The summed E-state index contributed by atoms with van der Waals surface area (Å²) in [6.07, 6.45) is 10.8. The highest BCUT2D eigenvalue weighted by Crippen LogP contribution is 2.31. The molecule has 2 nitrogen and oxygen atoms in total. The van der Waals surface area contributed by atoms with Gasteiger partial charge >= 0.3 is 0 Å². The van der Waals surface area contributed by atoms with Gasteiger partial charge in [-0.1, -0.05) is 32.1 Å². The lowest BCUT2D eigenvalue weighted by atomic mass is 9.79. The fraction of sp³-hybridized carbons (Fsp3) is 1.00. The first kappa shape index (κ1) is 11.4. The van der Waals surface area contributed by atoms with E-state index in [0.717, 1.165) is 18.5 Å². The Hall–Kier alpha value is -0.0800. The normalized spacial score (nSPS) is 25.4. The van der Waals surface area contributed by atoms with Crippen LogP contribution in [0.15, 0.2) is 0 Å². The second kappa shape index (κ2) is 5.86. The van der Waals surface area contributed by atoms with Crippen LogP contribution >= 0.6 is 0 Å². The minimum Gasteiger partial charge on any atom is -0.396 e. The van der Waals surface area contributed by atoms with Crippen LogP contribution < -0.4 is 5.32 Å². The van der Waals surface area contributed by atoms with E-state index >= 15 is 0 Å². The molecule has 0 radical (unpaired) electrons. The van der Waals surface area contributed by atoms with Gasteiger partial charge in [-0.3, -0.25) is 0 Å². The molecule has 2 heteroatoms. The van der Waals surface area contributed by atoms with Crippen LogP contribution in [-0.2, 0) is 0 Å². The van der Waals surface area contributed by atoms with E-state index in [2.05, 4.69) is 5.32 Å². The van der Waals surface area contributed by atoms with Crippen molar-refractivity contribution in [3.8, 4) is 0 Å². The average Bonchev–Trinajstić information content (AvgIpc) is 3.10. The smallest absolute Gasteiger partial charge is 0.0462 e. The number of hydrogen-bond donors (Lipinski definition) is 2. The first-order valence-corrected chi connectivity index (χ1v) is 6.74. The van der Waals surface area contributed by atoms with Crippen LogP contribution in [0, 0.1) is 11.8 Å².